The van der Waals surface area contributed by atoms with E-state index in [0.29, 0.717) is 0 Å². The first-order valence-corrected chi connectivity index (χ1v) is 4.29. The second-order valence-electron chi connectivity index (χ2n) is 2.94. The zero-order chi connectivity index (χ0) is 8.97. The average molecular weight is 168 g/mol. The Bertz CT molecular complexity index is 232. The molecule has 1 unspecified atom stereocenters. The zero-order valence-electron chi connectivity index (χ0n) is 7.63. The van der Waals surface area contributed by atoms with E-state index < -0.39 is 0 Å². The van der Waals surface area contributed by atoms with E-state index in [1.165, 1.54) is 5.56 Å². The Balaban J connectivity index is 2.72. The van der Waals surface area contributed by atoms with Crippen molar-refractivity contribution in [1.82, 2.24) is 5.43 Å². The predicted molar refractivity (Wildman–Crippen MR) is 48.4 cm³/mol. The van der Waals surface area contributed by atoms with Gasteiger partial charge in [0.05, 0.1) is 6.26 Å². The van der Waals surface area contributed by atoms with E-state index in [1.54, 1.807) is 6.26 Å². The van der Waals surface area contributed by atoms with E-state index in [0.717, 1.165) is 18.6 Å². The summed E-state index contributed by atoms with van der Waals surface area (Å²) in [7, 11) is 0. The van der Waals surface area contributed by atoms with Gasteiger partial charge in [-0.1, -0.05) is 13.3 Å². The Morgan fingerprint density at radius 2 is 2.42 bits per heavy atom. The van der Waals surface area contributed by atoms with Crippen LogP contribution in [0.1, 0.15) is 37.1 Å². The minimum atomic E-state index is 0.230. The number of hydrogen-bond acceptors (Lipinski definition) is 3. The average Bonchev–Trinajstić information content (AvgIpc) is 2.47. The SMILES string of the molecule is CCCC(NN)c1ccoc1C. The van der Waals surface area contributed by atoms with Gasteiger partial charge in [-0.2, -0.15) is 0 Å². The van der Waals surface area contributed by atoms with Gasteiger partial charge in [-0.15, -0.1) is 0 Å². The van der Waals surface area contributed by atoms with E-state index in [1.807, 2.05) is 13.0 Å². The quantitative estimate of drug-likeness (QED) is 0.533. The molecular formula is C9H16N2O. The van der Waals surface area contributed by atoms with Crippen molar-refractivity contribution >= 4 is 0 Å². The zero-order valence-corrected chi connectivity index (χ0v) is 7.63. The van der Waals surface area contributed by atoms with Crippen LogP contribution in [0.15, 0.2) is 16.7 Å². The lowest BCUT2D eigenvalue weighted by molar-refractivity contribution is 0.482. The molecule has 1 rings (SSSR count). The van der Waals surface area contributed by atoms with E-state index in [9.17, 15) is 0 Å². The standard InChI is InChI=1S/C9H16N2O/c1-3-4-9(11-10)8-5-6-12-7(8)2/h5-6,9,11H,3-4,10H2,1-2H3. The van der Waals surface area contributed by atoms with Crippen LogP contribution in [0.4, 0.5) is 0 Å². The highest BCUT2D eigenvalue weighted by molar-refractivity contribution is 5.19. The largest absolute Gasteiger partial charge is 0.469 e. The fourth-order valence-corrected chi connectivity index (χ4v) is 1.37. The third-order valence-electron chi connectivity index (χ3n) is 2.05. The Hall–Kier alpha value is -0.800. The van der Waals surface area contributed by atoms with Gasteiger partial charge in [0.25, 0.3) is 0 Å². The molecule has 3 heteroatoms. The second kappa shape index (κ2) is 4.28. The summed E-state index contributed by atoms with van der Waals surface area (Å²) >= 11 is 0. The molecule has 0 saturated carbocycles. The number of aryl methyl sites for hydroxylation is 1. The van der Waals surface area contributed by atoms with Gasteiger partial charge < -0.3 is 4.42 Å². The summed E-state index contributed by atoms with van der Waals surface area (Å²) in [4.78, 5) is 0. The lowest BCUT2D eigenvalue weighted by Crippen LogP contribution is -2.27. The molecule has 0 amide bonds. The fourth-order valence-electron chi connectivity index (χ4n) is 1.37. The molecule has 0 aliphatic carbocycles. The van der Waals surface area contributed by atoms with Crippen molar-refractivity contribution in [2.24, 2.45) is 5.84 Å². The van der Waals surface area contributed by atoms with Crippen LogP contribution in [-0.4, -0.2) is 0 Å². The molecule has 1 aromatic heterocycles. The highest BCUT2D eigenvalue weighted by Crippen LogP contribution is 2.21. The lowest BCUT2D eigenvalue weighted by Gasteiger charge is -2.13. The van der Waals surface area contributed by atoms with Gasteiger partial charge in [-0.3, -0.25) is 11.3 Å². The van der Waals surface area contributed by atoms with Crippen molar-refractivity contribution in [3.05, 3.63) is 23.7 Å². The van der Waals surface area contributed by atoms with E-state index >= 15 is 0 Å². The summed E-state index contributed by atoms with van der Waals surface area (Å²) in [6.45, 7) is 4.09. The summed E-state index contributed by atoms with van der Waals surface area (Å²) in [5.41, 5.74) is 3.95. The van der Waals surface area contributed by atoms with Gasteiger partial charge in [-0.05, 0) is 19.4 Å². The summed E-state index contributed by atoms with van der Waals surface area (Å²) in [6, 6.07) is 2.20. The first-order chi connectivity index (χ1) is 5.79. The number of hydrazine groups is 1. The van der Waals surface area contributed by atoms with Crippen LogP contribution in [0, 0.1) is 6.92 Å². The first kappa shape index (κ1) is 9.29. The predicted octanol–water partition coefficient (Wildman–Crippen LogP) is 1.89. The Labute approximate surface area is 72.9 Å². The van der Waals surface area contributed by atoms with Gasteiger partial charge >= 0.3 is 0 Å². The van der Waals surface area contributed by atoms with E-state index in [4.69, 9.17) is 10.3 Å². The normalized spacial score (nSPS) is 13.2. The highest BCUT2D eigenvalue weighted by Gasteiger charge is 2.12. The summed E-state index contributed by atoms with van der Waals surface area (Å²) in [6.07, 6.45) is 3.85. The van der Waals surface area contributed by atoms with Gasteiger partial charge in [0.2, 0.25) is 0 Å². The molecule has 1 atom stereocenters. The second-order valence-corrected chi connectivity index (χ2v) is 2.94. The number of nitrogens with one attached hydrogen (secondary N) is 1. The number of rotatable bonds is 4. The molecule has 0 radical (unpaired) electrons. The summed E-state index contributed by atoms with van der Waals surface area (Å²) in [5.74, 6) is 6.38. The molecule has 12 heavy (non-hydrogen) atoms. The lowest BCUT2D eigenvalue weighted by atomic mass is 10.0. The molecule has 0 aromatic carbocycles. The molecule has 0 saturated heterocycles. The Morgan fingerprint density at radius 1 is 1.67 bits per heavy atom. The van der Waals surface area contributed by atoms with Crippen LogP contribution in [0.5, 0.6) is 0 Å². The van der Waals surface area contributed by atoms with Crippen LogP contribution in [0.25, 0.3) is 0 Å². The minimum absolute atomic E-state index is 0.230. The molecule has 0 aliphatic heterocycles. The van der Waals surface area contributed by atoms with Crippen LogP contribution >= 0.6 is 0 Å². The minimum Gasteiger partial charge on any atom is -0.469 e. The van der Waals surface area contributed by atoms with Gasteiger partial charge in [0.1, 0.15) is 5.76 Å². The topological polar surface area (TPSA) is 51.2 Å². The van der Waals surface area contributed by atoms with Crippen molar-refractivity contribution < 1.29 is 4.42 Å². The monoisotopic (exact) mass is 168 g/mol. The molecule has 3 nitrogen and oxygen atoms in total. The molecule has 1 heterocycles. The number of furan rings is 1. The smallest absolute Gasteiger partial charge is 0.105 e. The van der Waals surface area contributed by atoms with Crippen molar-refractivity contribution in [2.75, 3.05) is 0 Å². The summed E-state index contributed by atoms with van der Waals surface area (Å²) < 4.78 is 5.20. The van der Waals surface area contributed by atoms with Gasteiger partial charge in [-0.25, -0.2) is 0 Å². The molecule has 1 aromatic rings. The highest BCUT2D eigenvalue weighted by atomic mass is 16.3. The Morgan fingerprint density at radius 3 is 2.83 bits per heavy atom. The van der Waals surface area contributed by atoms with Crippen molar-refractivity contribution in [3.63, 3.8) is 0 Å². The van der Waals surface area contributed by atoms with Crippen LogP contribution in [0.3, 0.4) is 0 Å². The molecule has 68 valence electrons. The Kier molecular flexibility index (Phi) is 3.31. The van der Waals surface area contributed by atoms with Crippen molar-refractivity contribution in [3.8, 4) is 0 Å². The van der Waals surface area contributed by atoms with Crippen LogP contribution in [0.2, 0.25) is 0 Å². The molecule has 0 spiro atoms. The third kappa shape index (κ3) is 1.87. The van der Waals surface area contributed by atoms with Crippen molar-refractivity contribution in [1.29, 1.82) is 0 Å². The van der Waals surface area contributed by atoms with E-state index in [2.05, 4.69) is 12.3 Å². The molecular weight excluding hydrogens is 152 g/mol. The van der Waals surface area contributed by atoms with Crippen LogP contribution < -0.4 is 11.3 Å². The maximum Gasteiger partial charge on any atom is 0.105 e. The number of hydrogen-bond donors (Lipinski definition) is 2. The third-order valence-corrected chi connectivity index (χ3v) is 2.05. The maximum atomic E-state index is 5.43. The first-order valence-electron chi connectivity index (χ1n) is 4.29. The van der Waals surface area contributed by atoms with Crippen LogP contribution in [-0.2, 0) is 0 Å². The molecule has 0 aliphatic rings. The molecule has 0 fully saturated rings. The van der Waals surface area contributed by atoms with Gasteiger partial charge in [0, 0.05) is 11.6 Å². The van der Waals surface area contributed by atoms with Crippen molar-refractivity contribution in [2.45, 2.75) is 32.7 Å². The fraction of sp³-hybridized carbons (Fsp3) is 0.556. The molecule has 0 bridgehead atoms. The van der Waals surface area contributed by atoms with E-state index in [-0.39, 0.29) is 6.04 Å². The summed E-state index contributed by atoms with van der Waals surface area (Å²) in [5, 5.41) is 0. The molecule has 3 N–H and O–H groups in total. The number of nitrogens with two attached hydrogens (primary N) is 1. The maximum absolute atomic E-state index is 5.43. The van der Waals surface area contributed by atoms with Gasteiger partial charge in [0.15, 0.2) is 0 Å².